The fourth-order valence-electron chi connectivity index (χ4n) is 4.60. The molecule has 4 rings (SSSR count). The normalized spacial score (nSPS) is 11.6. The summed E-state index contributed by atoms with van der Waals surface area (Å²) in [7, 11) is 0. The van der Waals surface area contributed by atoms with E-state index < -0.39 is 0 Å². The summed E-state index contributed by atoms with van der Waals surface area (Å²) >= 11 is 0. The minimum absolute atomic E-state index is 0.201. The van der Waals surface area contributed by atoms with Crippen LogP contribution >= 0.6 is 0 Å². The Morgan fingerprint density at radius 3 is 2.22 bits per heavy atom. The summed E-state index contributed by atoms with van der Waals surface area (Å²) in [5.74, 6) is 0.515. The Morgan fingerprint density at radius 1 is 0.938 bits per heavy atom. The first kappa shape index (κ1) is 22.3. The maximum absolute atomic E-state index is 9.46. The van der Waals surface area contributed by atoms with Gasteiger partial charge >= 0.3 is 0 Å². The van der Waals surface area contributed by atoms with Gasteiger partial charge in [0, 0.05) is 29.4 Å². The standard InChI is InChI=1S/C29H34N2O/c1-5-21-9-7-10-22(6-2)29(21)27-17-26-24(11-8-16-32)19-31(28(26)18-30-27)25-14-12-23(13-15-25)20(3)4/h7,9-10,12-15,17-20,32H,5-6,8,11,16H2,1-4H3. The first-order valence-corrected chi connectivity index (χ1v) is 11.9. The van der Waals surface area contributed by atoms with E-state index in [0.29, 0.717) is 5.92 Å². The van der Waals surface area contributed by atoms with Crippen LogP contribution in [0, 0.1) is 0 Å². The summed E-state index contributed by atoms with van der Waals surface area (Å²) in [5.41, 5.74) is 9.88. The van der Waals surface area contributed by atoms with Gasteiger partial charge in [-0.2, -0.15) is 0 Å². The smallest absolute Gasteiger partial charge is 0.0715 e. The van der Waals surface area contributed by atoms with E-state index in [1.54, 1.807) is 0 Å². The zero-order valence-electron chi connectivity index (χ0n) is 19.7. The van der Waals surface area contributed by atoms with Gasteiger partial charge in [0.2, 0.25) is 0 Å². The number of aromatic nitrogens is 2. The van der Waals surface area contributed by atoms with Gasteiger partial charge in [-0.15, -0.1) is 0 Å². The van der Waals surface area contributed by atoms with E-state index in [1.807, 2.05) is 6.20 Å². The van der Waals surface area contributed by atoms with Crippen LogP contribution in [0.2, 0.25) is 0 Å². The van der Waals surface area contributed by atoms with Crippen molar-refractivity contribution in [1.82, 2.24) is 9.55 Å². The molecule has 1 N–H and O–H groups in total. The molecule has 0 bridgehead atoms. The highest BCUT2D eigenvalue weighted by Crippen LogP contribution is 2.33. The molecule has 0 amide bonds. The van der Waals surface area contributed by atoms with Crippen LogP contribution < -0.4 is 0 Å². The van der Waals surface area contributed by atoms with Crippen LogP contribution in [-0.2, 0) is 19.3 Å². The summed E-state index contributed by atoms with van der Waals surface area (Å²) < 4.78 is 2.25. The van der Waals surface area contributed by atoms with Crippen LogP contribution in [0.5, 0.6) is 0 Å². The van der Waals surface area contributed by atoms with Gasteiger partial charge in [0.15, 0.2) is 0 Å². The Labute approximate surface area is 191 Å². The lowest BCUT2D eigenvalue weighted by atomic mass is 9.94. The van der Waals surface area contributed by atoms with Crippen LogP contribution in [-0.4, -0.2) is 21.3 Å². The monoisotopic (exact) mass is 426 g/mol. The van der Waals surface area contributed by atoms with Gasteiger partial charge in [-0.05, 0) is 72.1 Å². The van der Waals surface area contributed by atoms with Crippen molar-refractivity contribution in [3.8, 4) is 16.9 Å². The molecule has 0 aliphatic carbocycles. The molecule has 0 unspecified atom stereocenters. The summed E-state index contributed by atoms with van der Waals surface area (Å²) in [6, 6.07) is 17.7. The molecule has 3 nitrogen and oxygen atoms in total. The maximum atomic E-state index is 9.46. The molecule has 2 aromatic carbocycles. The van der Waals surface area contributed by atoms with Crippen molar-refractivity contribution < 1.29 is 5.11 Å². The Bertz CT molecular complexity index is 1180. The van der Waals surface area contributed by atoms with Crippen molar-refractivity contribution in [2.45, 2.75) is 59.3 Å². The minimum Gasteiger partial charge on any atom is -0.396 e. The van der Waals surface area contributed by atoms with Gasteiger partial charge in [0.1, 0.15) is 0 Å². The van der Waals surface area contributed by atoms with Gasteiger partial charge in [-0.1, -0.05) is 58.0 Å². The zero-order chi connectivity index (χ0) is 22.7. The number of rotatable bonds is 8. The van der Waals surface area contributed by atoms with Crippen LogP contribution in [0.25, 0.3) is 27.8 Å². The molecule has 2 aromatic heterocycles. The third-order valence-electron chi connectivity index (χ3n) is 6.47. The second kappa shape index (κ2) is 9.70. The summed E-state index contributed by atoms with van der Waals surface area (Å²) in [6.45, 7) is 9.06. The number of nitrogens with zero attached hydrogens (tertiary/aromatic N) is 2. The van der Waals surface area contributed by atoms with Gasteiger partial charge in [0.05, 0.1) is 17.4 Å². The fraction of sp³-hybridized carbons (Fsp3) is 0.345. The molecule has 0 radical (unpaired) electrons. The summed E-state index contributed by atoms with van der Waals surface area (Å²) in [6.07, 6.45) is 7.84. The van der Waals surface area contributed by atoms with E-state index >= 15 is 0 Å². The molecule has 166 valence electrons. The predicted octanol–water partition coefficient (Wildman–Crippen LogP) is 6.87. The molecule has 0 aliphatic heterocycles. The van der Waals surface area contributed by atoms with Crippen molar-refractivity contribution in [3.63, 3.8) is 0 Å². The van der Waals surface area contributed by atoms with E-state index in [0.717, 1.165) is 42.6 Å². The molecular weight excluding hydrogens is 392 g/mol. The first-order chi connectivity index (χ1) is 15.6. The summed E-state index contributed by atoms with van der Waals surface area (Å²) in [4.78, 5) is 4.95. The number of aryl methyl sites for hydroxylation is 3. The molecule has 3 heteroatoms. The third kappa shape index (κ3) is 4.22. The predicted molar refractivity (Wildman–Crippen MR) is 135 cm³/mol. The molecule has 0 saturated heterocycles. The van der Waals surface area contributed by atoms with Crippen LogP contribution in [0.1, 0.15) is 62.3 Å². The number of benzene rings is 2. The van der Waals surface area contributed by atoms with Crippen LogP contribution in [0.15, 0.2) is 60.9 Å². The Kier molecular flexibility index (Phi) is 6.76. The van der Waals surface area contributed by atoms with Crippen LogP contribution in [0.4, 0.5) is 0 Å². The fourth-order valence-corrected chi connectivity index (χ4v) is 4.60. The average molecular weight is 427 g/mol. The highest BCUT2D eigenvalue weighted by molar-refractivity contribution is 5.89. The Balaban J connectivity index is 1.88. The lowest BCUT2D eigenvalue weighted by molar-refractivity contribution is 0.289. The second-order valence-corrected chi connectivity index (χ2v) is 8.84. The summed E-state index contributed by atoms with van der Waals surface area (Å²) in [5, 5.41) is 10.7. The SMILES string of the molecule is CCc1cccc(CC)c1-c1cc2c(CCCO)cn(-c3ccc(C(C)C)cc3)c2cn1. The molecule has 0 saturated carbocycles. The van der Waals surface area contributed by atoms with Crippen molar-refractivity contribution in [3.05, 3.63) is 83.2 Å². The molecule has 32 heavy (non-hydrogen) atoms. The molecule has 4 aromatic rings. The lowest BCUT2D eigenvalue weighted by Crippen LogP contribution is -1.97. The third-order valence-corrected chi connectivity index (χ3v) is 6.47. The van der Waals surface area contributed by atoms with E-state index in [-0.39, 0.29) is 6.61 Å². The molecule has 2 heterocycles. The number of fused-ring (bicyclic) bond motifs is 1. The highest BCUT2D eigenvalue weighted by Gasteiger charge is 2.15. The van der Waals surface area contributed by atoms with E-state index in [1.165, 1.54) is 33.2 Å². The number of pyridine rings is 1. The van der Waals surface area contributed by atoms with Crippen molar-refractivity contribution in [2.75, 3.05) is 6.61 Å². The second-order valence-electron chi connectivity index (χ2n) is 8.84. The Hall–Kier alpha value is -2.91. The van der Waals surface area contributed by atoms with Crippen molar-refractivity contribution in [1.29, 1.82) is 0 Å². The minimum atomic E-state index is 0.201. The van der Waals surface area contributed by atoms with Crippen molar-refractivity contribution in [2.24, 2.45) is 0 Å². The Morgan fingerprint density at radius 2 is 1.62 bits per heavy atom. The molecule has 0 spiro atoms. The zero-order valence-corrected chi connectivity index (χ0v) is 19.7. The van der Waals surface area contributed by atoms with Gasteiger partial charge in [-0.3, -0.25) is 4.98 Å². The van der Waals surface area contributed by atoms with Gasteiger partial charge in [-0.25, -0.2) is 0 Å². The molecule has 0 aliphatic rings. The molecule has 0 fully saturated rings. The number of hydrogen-bond donors (Lipinski definition) is 1. The molecular formula is C29H34N2O. The van der Waals surface area contributed by atoms with Gasteiger partial charge < -0.3 is 9.67 Å². The average Bonchev–Trinajstić information content (AvgIpc) is 3.19. The first-order valence-electron chi connectivity index (χ1n) is 11.9. The van der Waals surface area contributed by atoms with Crippen LogP contribution in [0.3, 0.4) is 0 Å². The van der Waals surface area contributed by atoms with Crippen molar-refractivity contribution >= 4 is 10.9 Å². The van der Waals surface area contributed by atoms with Gasteiger partial charge in [0.25, 0.3) is 0 Å². The highest BCUT2D eigenvalue weighted by atomic mass is 16.2. The topological polar surface area (TPSA) is 38.0 Å². The number of hydrogen-bond acceptors (Lipinski definition) is 2. The lowest BCUT2D eigenvalue weighted by Gasteiger charge is -2.13. The largest absolute Gasteiger partial charge is 0.396 e. The molecule has 0 atom stereocenters. The van der Waals surface area contributed by atoms with E-state index in [2.05, 4.69) is 87.0 Å². The number of aliphatic hydroxyl groups excluding tert-OH is 1. The quantitative estimate of drug-likeness (QED) is 0.334. The maximum Gasteiger partial charge on any atom is 0.0715 e. The van der Waals surface area contributed by atoms with E-state index in [9.17, 15) is 5.11 Å². The van der Waals surface area contributed by atoms with E-state index in [4.69, 9.17) is 4.98 Å². The number of aliphatic hydroxyl groups is 1.